The van der Waals surface area contributed by atoms with Crippen LogP contribution < -0.4 is 0 Å². The maximum atomic E-state index is 10.5. The summed E-state index contributed by atoms with van der Waals surface area (Å²) in [5, 5.41) is 0. The van der Waals surface area contributed by atoms with Crippen molar-refractivity contribution in [3.63, 3.8) is 0 Å². The largest absolute Gasteiger partial charge is 0.303 e. The second kappa shape index (κ2) is 4.41. The zero-order valence-electron chi connectivity index (χ0n) is 7.75. The minimum Gasteiger partial charge on any atom is -0.303 e. The molecule has 0 atom stereocenters. The molecule has 0 N–H and O–H groups in total. The topological polar surface area (TPSA) is 20.3 Å². The number of hydrogen-bond donors (Lipinski definition) is 0. The molecule has 1 heterocycles. The monoisotopic (exact) mass is 167 g/mol. The lowest BCUT2D eigenvalue weighted by Crippen LogP contribution is -2.35. The Morgan fingerprint density at radius 3 is 2.58 bits per heavy atom. The highest BCUT2D eigenvalue weighted by atomic mass is 16.1. The highest BCUT2D eigenvalue weighted by Crippen LogP contribution is 2.15. The summed E-state index contributed by atoms with van der Waals surface area (Å²) in [6.45, 7) is 9.02. The van der Waals surface area contributed by atoms with Crippen molar-refractivity contribution in [3.05, 3.63) is 12.2 Å². The number of aldehydes is 1. The average Bonchev–Trinajstić information content (AvgIpc) is 2.05. The molecule has 0 aromatic heterocycles. The van der Waals surface area contributed by atoms with Crippen LogP contribution in [0.4, 0.5) is 0 Å². The molecule has 1 saturated heterocycles. The van der Waals surface area contributed by atoms with Crippen LogP contribution in [0.15, 0.2) is 12.2 Å². The maximum absolute atomic E-state index is 10.5. The SMILES string of the molecule is C=C(C)CN1CCC(C=O)CC1. The Bertz CT molecular complexity index is 169. The molecular formula is C10H17NO. The smallest absolute Gasteiger partial charge is 0.123 e. The van der Waals surface area contributed by atoms with E-state index in [0.717, 1.165) is 38.8 Å². The first-order valence-corrected chi connectivity index (χ1v) is 4.54. The second-order valence-electron chi connectivity index (χ2n) is 3.71. The van der Waals surface area contributed by atoms with E-state index in [1.54, 1.807) is 0 Å². The van der Waals surface area contributed by atoms with Gasteiger partial charge in [-0.3, -0.25) is 4.90 Å². The van der Waals surface area contributed by atoms with E-state index >= 15 is 0 Å². The van der Waals surface area contributed by atoms with Gasteiger partial charge in [-0.2, -0.15) is 0 Å². The summed E-state index contributed by atoms with van der Waals surface area (Å²) >= 11 is 0. The molecular weight excluding hydrogens is 150 g/mol. The summed E-state index contributed by atoms with van der Waals surface area (Å²) < 4.78 is 0. The van der Waals surface area contributed by atoms with Gasteiger partial charge in [0.05, 0.1) is 0 Å². The Balaban J connectivity index is 2.26. The Kier molecular flexibility index (Phi) is 3.48. The molecule has 0 spiro atoms. The number of hydrogen-bond acceptors (Lipinski definition) is 2. The van der Waals surface area contributed by atoms with Gasteiger partial charge in [-0.25, -0.2) is 0 Å². The van der Waals surface area contributed by atoms with Gasteiger partial charge in [0, 0.05) is 12.5 Å². The first-order chi connectivity index (χ1) is 5.72. The number of carbonyl (C=O) groups is 1. The Morgan fingerprint density at radius 1 is 1.58 bits per heavy atom. The third-order valence-electron chi connectivity index (χ3n) is 2.32. The highest BCUT2D eigenvalue weighted by molar-refractivity contribution is 5.53. The van der Waals surface area contributed by atoms with Crippen LogP contribution in [0.2, 0.25) is 0 Å². The van der Waals surface area contributed by atoms with E-state index in [1.165, 1.54) is 5.57 Å². The van der Waals surface area contributed by atoms with Crippen molar-refractivity contribution in [2.24, 2.45) is 5.92 Å². The molecule has 0 aromatic carbocycles. The molecule has 0 aromatic rings. The van der Waals surface area contributed by atoms with Gasteiger partial charge in [0.25, 0.3) is 0 Å². The van der Waals surface area contributed by atoms with E-state index in [1.807, 2.05) is 6.92 Å². The van der Waals surface area contributed by atoms with E-state index in [9.17, 15) is 4.79 Å². The highest BCUT2D eigenvalue weighted by Gasteiger charge is 2.17. The lowest BCUT2D eigenvalue weighted by molar-refractivity contribution is -0.112. The average molecular weight is 167 g/mol. The molecule has 1 fully saturated rings. The molecule has 0 radical (unpaired) electrons. The van der Waals surface area contributed by atoms with E-state index in [-0.39, 0.29) is 0 Å². The maximum Gasteiger partial charge on any atom is 0.123 e. The third-order valence-corrected chi connectivity index (χ3v) is 2.32. The fraction of sp³-hybridized carbons (Fsp3) is 0.700. The van der Waals surface area contributed by atoms with Crippen LogP contribution in [0, 0.1) is 5.92 Å². The van der Waals surface area contributed by atoms with Gasteiger partial charge in [-0.1, -0.05) is 12.2 Å². The zero-order chi connectivity index (χ0) is 8.97. The molecule has 2 nitrogen and oxygen atoms in total. The van der Waals surface area contributed by atoms with E-state index in [2.05, 4.69) is 11.5 Å². The lowest BCUT2D eigenvalue weighted by atomic mass is 9.98. The fourth-order valence-electron chi connectivity index (χ4n) is 1.63. The van der Waals surface area contributed by atoms with Gasteiger partial charge in [0.15, 0.2) is 0 Å². The molecule has 0 aliphatic carbocycles. The first kappa shape index (κ1) is 9.46. The summed E-state index contributed by atoms with van der Waals surface area (Å²) in [5.41, 5.74) is 1.21. The van der Waals surface area contributed by atoms with Crippen LogP contribution in [0.25, 0.3) is 0 Å². The summed E-state index contributed by atoms with van der Waals surface area (Å²) in [7, 11) is 0. The van der Waals surface area contributed by atoms with E-state index in [4.69, 9.17) is 0 Å². The molecule has 0 bridgehead atoms. The zero-order valence-corrected chi connectivity index (χ0v) is 7.75. The molecule has 0 amide bonds. The fourth-order valence-corrected chi connectivity index (χ4v) is 1.63. The summed E-state index contributed by atoms with van der Waals surface area (Å²) in [4.78, 5) is 12.8. The minimum absolute atomic E-state index is 0.311. The van der Waals surface area contributed by atoms with Crippen molar-refractivity contribution in [1.82, 2.24) is 4.90 Å². The second-order valence-corrected chi connectivity index (χ2v) is 3.71. The van der Waals surface area contributed by atoms with Crippen molar-refractivity contribution in [2.45, 2.75) is 19.8 Å². The molecule has 68 valence electrons. The number of nitrogens with zero attached hydrogens (tertiary/aromatic N) is 1. The van der Waals surface area contributed by atoms with Crippen LogP contribution in [-0.2, 0) is 4.79 Å². The van der Waals surface area contributed by atoms with Crippen molar-refractivity contribution < 1.29 is 4.79 Å². The van der Waals surface area contributed by atoms with Gasteiger partial charge >= 0.3 is 0 Å². The molecule has 12 heavy (non-hydrogen) atoms. The first-order valence-electron chi connectivity index (χ1n) is 4.54. The molecule has 2 heteroatoms. The van der Waals surface area contributed by atoms with Gasteiger partial charge < -0.3 is 4.79 Å². The molecule has 1 aliphatic heterocycles. The lowest BCUT2D eigenvalue weighted by Gasteiger charge is -2.29. The van der Waals surface area contributed by atoms with E-state index < -0.39 is 0 Å². The van der Waals surface area contributed by atoms with Crippen LogP contribution in [0.3, 0.4) is 0 Å². The van der Waals surface area contributed by atoms with Crippen molar-refractivity contribution >= 4 is 6.29 Å². The molecule has 1 aliphatic rings. The van der Waals surface area contributed by atoms with E-state index in [0.29, 0.717) is 5.92 Å². The number of rotatable bonds is 3. The van der Waals surface area contributed by atoms with Crippen LogP contribution in [0.5, 0.6) is 0 Å². The van der Waals surface area contributed by atoms with Crippen LogP contribution in [0.1, 0.15) is 19.8 Å². The third kappa shape index (κ3) is 2.78. The number of carbonyl (C=O) groups excluding carboxylic acids is 1. The van der Waals surface area contributed by atoms with Gasteiger partial charge in [0.2, 0.25) is 0 Å². The normalized spacial score (nSPS) is 20.8. The molecule has 0 unspecified atom stereocenters. The van der Waals surface area contributed by atoms with Gasteiger partial charge in [-0.15, -0.1) is 0 Å². The van der Waals surface area contributed by atoms with Crippen LogP contribution in [-0.4, -0.2) is 30.8 Å². The van der Waals surface area contributed by atoms with Crippen molar-refractivity contribution in [3.8, 4) is 0 Å². The quantitative estimate of drug-likeness (QED) is 0.468. The molecule has 1 rings (SSSR count). The predicted octanol–water partition coefficient (Wildman–Crippen LogP) is 1.47. The molecule has 0 saturated carbocycles. The summed E-state index contributed by atoms with van der Waals surface area (Å²) in [5.74, 6) is 0.311. The van der Waals surface area contributed by atoms with Crippen molar-refractivity contribution in [2.75, 3.05) is 19.6 Å². The Hall–Kier alpha value is -0.630. The standard InChI is InChI=1S/C10H17NO/c1-9(2)7-11-5-3-10(8-12)4-6-11/h8,10H,1,3-7H2,2H3. The van der Waals surface area contributed by atoms with Crippen LogP contribution >= 0.6 is 0 Å². The number of piperidine rings is 1. The minimum atomic E-state index is 0.311. The van der Waals surface area contributed by atoms with Gasteiger partial charge in [0.1, 0.15) is 6.29 Å². The summed E-state index contributed by atoms with van der Waals surface area (Å²) in [6, 6.07) is 0. The number of likely N-dealkylation sites (tertiary alicyclic amines) is 1. The van der Waals surface area contributed by atoms with Crippen molar-refractivity contribution in [1.29, 1.82) is 0 Å². The summed E-state index contributed by atoms with van der Waals surface area (Å²) in [6.07, 6.45) is 3.14. The predicted molar refractivity (Wildman–Crippen MR) is 50.0 cm³/mol. The van der Waals surface area contributed by atoms with Gasteiger partial charge in [-0.05, 0) is 32.9 Å². The Morgan fingerprint density at radius 2 is 2.17 bits per heavy atom. The Labute approximate surface area is 74.2 Å².